The highest BCUT2D eigenvalue weighted by molar-refractivity contribution is 7.93. The van der Waals surface area contributed by atoms with Crippen molar-refractivity contribution in [2.75, 3.05) is 11.3 Å². The molecule has 0 radical (unpaired) electrons. The van der Waals surface area contributed by atoms with Crippen molar-refractivity contribution in [2.24, 2.45) is 0 Å². The van der Waals surface area contributed by atoms with Crippen molar-refractivity contribution in [3.63, 3.8) is 0 Å². The van der Waals surface area contributed by atoms with E-state index in [0.717, 1.165) is 5.56 Å². The lowest BCUT2D eigenvalue weighted by atomic mass is 10.2. The maximum atomic E-state index is 13.5. The summed E-state index contributed by atoms with van der Waals surface area (Å²) in [7, 11) is -3.60. The molecule has 0 saturated carbocycles. The van der Waals surface area contributed by atoms with E-state index in [0.29, 0.717) is 6.54 Å². The van der Waals surface area contributed by atoms with Gasteiger partial charge in [0.15, 0.2) is 0 Å². The summed E-state index contributed by atoms with van der Waals surface area (Å²) in [4.78, 5) is 0. The predicted molar refractivity (Wildman–Crippen MR) is 76.3 cm³/mol. The van der Waals surface area contributed by atoms with Crippen molar-refractivity contribution in [2.45, 2.75) is 39.0 Å². The molecule has 0 aromatic heterocycles. The Morgan fingerprint density at radius 2 is 1.89 bits per heavy atom. The lowest BCUT2D eigenvalue weighted by molar-refractivity contribution is 0.553. The van der Waals surface area contributed by atoms with E-state index in [1.165, 1.54) is 12.1 Å². The Morgan fingerprint density at radius 1 is 1.26 bits per heavy atom. The van der Waals surface area contributed by atoms with Crippen LogP contribution < -0.4 is 10.0 Å². The summed E-state index contributed by atoms with van der Waals surface area (Å²) in [5.74, 6) is -0.571. The molecule has 0 heterocycles. The highest BCUT2D eigenvalue weighted by Crippen LogP contribution is 2.18. The lowest BCUT2D eigenvalue weighted by Gasteiger charge is -2.17. The molecule has 0 fully saturated rings. The lowest BCUT2D eigenvalue weighted by Crippen LogP contribution is -2.37. The first-order valence-corrected chi connectivity index (χ1v) is 7.78. The molecule has 1 unspecified atom stereocenters. The van der Waals surface area contributed by atoms with E-state index in [-0.39, 0.29) is 11.7 Å². The molecule has 0 aliphatic heterocycles. The summed E-state index contributed by atoms with van der Waals surface area (Å²) in [5.41, 5.74) is 0.795. The van der Waals surface area contributed by atoms with Crippen molar-refractivity contribution >= 4 is 15.7 Å². The first-order valence-electron chi connectivity index (χ1n) is 6.23. The highest BCUT2D eigenvalue weighted by Gasteiger charge is 2.21. The van der Waals surface area contributed by atoms with Crippen molar-refractivity contribution in [3.05, 3.63) is 29.6 Å². The molecule has 1 rings (SSSR count). The number of nitrogens with one attached hydrogen (secondary N) is 2. The number of halogens is 1. The maximum absolute atomic E-state index is 13.5. The number of rotatable bonds is 6. The van der Waals surface area contributed by atoms with E-state index >= 15 is 0 Å². The number of benzene rings is 1. The van der Waals surface area contributed by atoms with Crippen molar-refractivity contribution in [1.82, 2.24) is 5.32 Å². The number of anilines is 1. The molecule has 1 atom stereocenters. The summed E-state index contributed by atoms with van der Waals surface area (Å²) in [6, 6.07) is 4.53. The second kappa shape index (κ2) is 6.34. The topological polar surface area (TPSA) is 58.2 Å². The third-order valence-corrected chi connectivity index (χ3v) is 4.45. The van der Waals surface area contributed by atoms with Gasteiger partial charge in [0.1, 0.15) is 5.82 Å². The van der Waals surface area contributed by atoms with Crippen molar-refractivity contribution < 1.29 is 12.8 Å². The van der Waals surface area contributed by atoms with Gasteiger partial charge in [0.2, 0.25) is 10.0 Å². The van der Waals surface area contributed by atoms with E-state index in [1.54, 1.807) is 19.9 Å². The molecule has 0 amide bonds. The normalized spacial score (nSPS) is 13.6. The Bertz CT molecular complexity index is 529. The van der Waals surface area contributed by atoms with Crippen LogP contribution in [0.25, 0.3) is 0 Å². The minimum Gasteiger partial charge on any atom is -0.313 e. The van der Waals surface area contributed by atoms with Gasteiger partial charge in [-0.1, -0.05) is 19.9 Å². The number of aryl methyl sites for hydroxylation is 1. The van der Waals surface area contributed by atoms with Gasteiger partial charge in [-0.25, -0.2) is 12.8 Å². The Morgan fingerprint density at radius 3 is 2.47 bits per heavy atom. The fraction of sp³-hybridized carbons (Fsp3) is 0.538. The number of hydrogen-bond acceptors (Lipinski definition) is 3. The molecule has 2 N–H and O–H groups in total. The Hall–Kier alpha value is -1.14. The zero-order chi connectivity index (χ0) is 14.6. The first kappa shape index (κ1) is 15.9. The molecule has 0 bridgehead atoms. The number of sulfonamides is 1. The van der Waals surface area contributed by atoms with E-state index in [1.807, 2.05) is 13.8 Å². The van der Waals surface area contributed by atoms with Gasteiger partial charge in [-0.15, -0.1) is 0 Å². The van der Waals surface area contributed by atoms with Gasteiger partial charge in [-0.3, -0.25) is 4.72 Å². The van der Waals surface area contributed by atoms with E-state index in [9.17, 15) is 12.8 Å². The fourth-order valence-electron chi connectivity index (χ4n) is 1.48. The van der Waals surface area contributed by atoms with Gasteiger partial charge < -0.3 is 5.32 Å². The molecular weight excluding hydrogens is 267 g/mol. The van der Waals surface area contributed by atoms with Crippen LogP contribution in [0.15, 0.2) is 18.2 Å². The van der Waals surface area contributed by atoms with Crippen LogP contribution >= 0.6 is 0 Å². The van der Waals surface area contributed by atoms with E-state index in [4.69, 9.17) is 0 Å². The summed E-state index contributed by atoms with van der Waals surface area (Å²) < 4.78 is 40.0. The maximum Gasteiger partial charge on any atom is 0.236 e. The number of hydrogen-bond donors (Lipinski definition) is 2. The molecule has 108 valence electrons. The molecule has 0 spiro atoms. The standard InChI is InChI=1S/C13H21FN2O2S/c1-9(2)15-8-11(4)19(17,18)16-13-7-10(3)5-6-12(13)14/h5-7,9,11,15-16H,8H2,1-4H3. The monoisotopic (exact) mass is 288 g/mol. The minimum absolute atomic E-state index is 0.00334. The van der Waals surface area contributed by atoms with Gasteiger partial charge in [-0.05, 0) is 31.5 Å². The molecule has 6 heteroatoms. The van der Waals surface area contributed by atoms with Crippen LogP contribution in [-0.2, 0) is 10.0 Å². The third-order valence-electron chi connectivity index (χ3n) is 2.72. The summed E-state index contributed by atoms with van der Waals surface area (Å²) in [6.07, 6.45) is 0. The van der Waals surface area contributed by atoms with Gasteiger partial charge >= 0.3 is 0 Å². The molecule has 0 aliphatic carbocycles. The molecule has 19 heavy (non-hydrogen) atoms. The van der Waals surface area contributed by atoms with Crippen LogP contribution in [0.1, 0.15) is 26.3 Å². The van der Waals surface area contributed by atoms with Crippen molar-refractivity contribution in [3.8, 4) is 0 Å². The van der Waals surface area contributed by atoms with Gasteiger partial charge in [-0.2, -0.15) is 0 Å². The van der Waals surface area contributed by atoms with Gasteiger partial charge in [0.25, 0.3) is 0 Å². The Labute approximate surface area is 114 Å². The second-order valence-electron chi connectivity index (χ2n) is 5.00. The third kappa shape index (κ3) is 4.80. The van der Waals surface area contributed by atoms with Crippen LogP contribution in [0, 0.1) is 12.7 Å². The molecule has 0 saturated heterocycles. The first-order chi connectivity index (χ1) is 8.72. The van der Waals surface area contributed by atoms with Gasteiger partial charge in [0, 0.05) is 12.6 Å². The predicted octanol–water partition coefficient (Wildman–Crippen LogP) is 2.26. The summed E-state index contributed by atoms with van der Waals surface area (Å²) in [5, 5.41) is 2.41. The average molecular weight is 288 g/mol. The molecule has 1 aromatic rings. The van der Waals surface area contributed by atoms with Crippen LogP contribution in [0.5, 0.6) is 0 Å². The Balaban J connectivity index is 2.81. The average Bonchev–Trinajstić information content (AvgIpc) is 2.30. The van der Waals surface area contributed by atoms with Crippen LogP contribution in [0.3, 0.4) is 0 Å². The summed E-state index contributed by atoms with van der Waals surface area (Å²) >= 11 is 0. The quantitative estimate of drug-likeness (QED) is 0.844. The van der Waals surface area contributed by atoms with Crippen LogP contribution in [0.2, 0.25) is 0 Å². The molecule has 1 aromatic carbocycles. The van der Waals surface area contributed by atoms with Gasteiger partial charge in [0.05, 0.1) is 10.9 Å². The minimum atomic E-state index is -3.60. The molecule has 4 nitrogen and oxygen atoms in total. The van der Waals surface area contributed by atoms with E-state index in [2.05, 4.69) is 10.0 Å². The highest BCUT2D eigenvalue weighted by atomic mass is 32.2. The second-order valence-corrected chi connectivity index (χ2v) is 7.10. The SMILES string of the molecule is Cc1ccc(F)c(NS(=O)(=O)C(C)CNC(C)C)c1. The summed E-state index contributed by atoms with van der Waals surface area (Å²) in [6.45, 7) is 7.56. The molecular formula is C13H21FN2O2S. The smallest absolute Gasteiger partial charge is 0.236 e. The molecule has 0 aliphatic rings. The van der Waals surface area contributed by atoms with Crippen molar-refractivity contribution in [1.29, 1.82) is 0 Å². The van der Waals surface area contributed by atoms with E-state index < -0.39 is 21.1 Å². The van der Waals surface area contributed by atoms with Crippen LogP contribution in [0.4, 0.5) is 10.1 Å². The zero-order valence-electron chi connectivity index (χ0n) is 11.7. The largest absolute Gasteiger partial charge is 0.313 e. The fourth-order valence-corrected chi connectivity index (χ4v) is 2.46. The van der Waals surface area contributed by atoms with Crippen LogP contribution in [-0.4, -0.2) is 26.3 Å². The Kier molecular flexibility index (Phi) is 5.31. The zero-order valence-corrected chi connectivity index (χ0v) is 12.5.